The number of hydrogen-bond donors (Lipinski definition) is 12. The lowest BCUT2D eigenvalue weighted by molar-refractivity contribution is -0.379. The summed E-state index contributed by atoms with van der Waals surface area (Å²) in [5, 5.41) is 119. The van der Waals surface area contributed by atoms with Crippen LogP contribution in [-0.2, 0) is 33.2 Å². The summed E-state index contributed by atoms with van der Waals surface area (Å²) in [6, 6.07) is -0.883. The lowest BCUT2D eigenvalue weighted by Gasteiger charge is -2.48. The van der Waals surface area contributed by atoms with Crippen LogP contribution in [-0.4, -0.2) is 193 Å². The van der Waals surface area contributed by atoms with Crippen molar-refractivity contribution in [1.82, 2.24) is 5.32 Å². The van der Waals surface area contributed by atoms with E-state index in [9.17, 15) is 61.0 Å². The van der Waals surface area contributed by atoms with Gasteiger partial charge in [-0.05, 0) is 32.1 Å². The first-order valence-electron chi connectivity index (χ1n) is 23.9. The number of amides is 1. The van der Waals surface area contributed by atoms with Crippen molar-refractivity contribution in [2.45, 2.75) is 240 Å². The molecule has 0 spiro atoms. The standard InChI is InChI=1S/C45H83NO18/c1-3-5-7-9-11-13-14-15-17-19-21-23-33(51)46-28(29(50)22-20-18-16-12-10-8-6-4-2)27-59-43-39(57)36(54)41(31(25-48)61-43)64-45-40(58)37(55)42(32(26-49)62-45)63-44-38(56)35(53)34(52)30(24-47)60-44/h9,11,28-32,34-45,47-50,52-58H,3-8,10,12-27H2,1-2H3,(H,46,51)/b11-9-. The minimum Gasteiger partial charge on any atom is -0.394 e. The molecule has 3 aliphatic heterocycles. The number of aliphatic hydroxyl groups is 11. The van der Waals surface area contributed by atoms with Gasteiger partial charge in [0.1, 0.15) is 73.2 Å². The molecule has 0 radical (unpaired) electrons. The molecule has 3 rings (SSSR count). The summed E-state index contributed by atoms with van der Waals surface area (Å²) in [5.74, 6) is -0.260. The van der Waals surface area contributed by atoms with Gasteiger partial charge in [0.05, 0.1) is 38.6 Å². The molecule has 0 saturated carbocycles. The molecular weight excluding hydrogens is 842 g/mol. The maximum atomic E-state index is 13.1. The Hall–Kier alpha value is -1.47. The van der Waals surface area contributed by atoms with Crippen LogP contribution < -0.4 is 5.32 Å². The van der Waals surface area contributed by atoms with Crippen LogP contribution in [0.5, 0.6) is 0 Å². The van der Waals surface area contributed by atoms with Crippen LogP contribution in [0.1, 0.15) is 136 Å². The zero-order valence-electron chi connectivity index (χ0n) is 38.0. The van der Waals surface area contributed by atoms with E-state index in [1.807, 2.05) is 0 Å². The number of ether oxygens (including phenoxy) is 6. The molecule has 0 aliphatic carbocycles. The Morgan fingerprint density at radius 2 is 1.00 bits per heavy atom. The van der Waals surface area contributed by atoms with Gasteiger partial charge >= 0.3 is 0 Å². The molecule has 3 saturated heterocycles. The number of carbonyl (C=O) groups is 1. The minimum atomic E-state index is -1.97. The van der Waals surface area contributed by atoms with Crippen molar-refractivity contribution in [2.75, 3.05) is 26.4 Å². The molecular formula is C45H83NO18. The highest BCUT2D eigenvalue weighted by atomic mass is 16.8. The van der Waals surface area contributed by atoms with Crippen LogP contribution >= 0.6 is 0 Å². The lowest BCUT2D eigenvalue weighted by atomic mass is 9.96. The Balaban J connectivity index is 1.58. The summed E-state index contributed by atoms with van der Waals surface area (Å²) < 4.78 is 34.0. The molecule has 19 heteroatoms. The van der Waals surface area contributed by atoms with Crippen LogP contribution in [0.4, 0.5) is 0 Å². The molecule has 0 aromatic carbocycles. The average Bonchev–Trinajstić information content (AvgIpc) is 3.29. The van der Waals surface area contributed by atoms with Crippen LogP contribution in [0.3, 0.4) is 0 Å². The first kappa shape index (κ1) is 56.9. The maximum absolute atomic E-state index is 13.1. The van der Waals surface area contributed by atoms with Gasteiger partial charge in [0.25, 0.3) is 0 Å². The number of carbonyl (C=O) groups excluding carboxylic acids is 1. The van der Waals surface area contributed by atoms with E-state index >= 15 is 0 Å². The second-order valence-corrected chi connectivity index (χ2v) is 17.6. The fourth-order valence-corrected chi connectivity index (χ4v) is 8.23. The summed E-state index contributed by atoms with van der Waals surface area (Å²) >= 11 is 0. The largest absolute Gasteiger partial charge is 0.394 e. The molecule has 3 fully saturated rings. The van der Waals surface area contributed by atoms with Crippen molar-refractivity contribution in [3.63, 3.8) is 0 Å². The van der Waals surface area contributed by atoms with E-state index < -0.39 is 124 Å². The molecule has 12 N–H and O–H groups in total. The third-order valence-electron chi connectivity index (χ3n) is 12.3. The highest BCUT2D eigenvalue weighted by Crippen LogP contribution is 2.33. The van der Waals surface area contributed by atoms with Crippen molar-refractivity contribution in [3.8, 4) is 0 Å². The first-order valence-corrected chi connectivity index (χ1v) is 23.9. The van der Waals surface area contributed by atoms with Gasteiger partial charge in [0, 0.05) is 6.42 Å². The van der Waals surface area contributed by atoms with Crippen LogP contribution in [0.25, 0.3) is 0 Å². The molecule has 17 unspecified atom stereocenters. The monoisotopic (exact) mass is 926 g/mol. The van der Waals surface area contributed by atoms with E-state index in [-0.39, 0.29) is 18.9 Å². The topological polar surface area (TPSA) is 307 Å². The van der Waals surface area contributed by atoms with E-state index in [4.69, 9.17) is 28.4 Å². The Kier molecular flexibility index (Phi) is 28.0. The Labute approximate surface area is 378 Å². The van der Waals surface area contributed by atoms with Gasteiger partial charge in [-0.25, -0.2) is 0 Å². The van der Waals surface area contributed by atoms with Gasteiger partial charge in [-0.1, -0.05) is 109 Å². The molecule has 0 bridgehead atoms. The van der Waals surface area contributed by atoms with Gasteiger partial charge < -0.3 is 89.9 Å². The highest BCUT2D eigenvalue weighted by Gasteiger charge is 2.53. The molecule has 3 heterocycles. The van der Waals surface area contributed by atoms with Crippen molar-refractivity contribution in [1.29, 1.82) is 0 Å². The molecule has 3 aliphatic rings. The number of unbranched alkanes of at least 4 members (excludes halogenated alkanes) is 14. The second-order valence-electron chi connectivity index (χ2n) is 17.6. The van der Waals surface area contributed by atoms with Crippen molar-refractivity contribution >= 4 is 5.91 Å². The van der Waals surface area contributed by atoms with Crippen LogP contribution in [0, 0.1) is 0 Å². The summed E-state index contributed by atoms with van der Waals surface area (Å²) in [7, 11) is 0. The predicted molar refractivity (Wildman–Crippen MR) is 231 cm³/mol. The molecule has 0 aromatic rings. The predicted octanol–water partition coefficient (Wildman–Crippen LogP) is 0.305. The highest BCUT2D eigenvalue weighted by molar-refractivity contribution is 5.76. The smallest absolute Gasteiger partial charge is 0.220 e. The van der Waals surface area contributed by atoms with Gasteiger partial charge in [0.2, 0.25) is 5.91 Å². The maximum Gasteiger partial charge on any atom is 0.220 e. The molecule has 64 heavy (non-hydrogen) atoms. The average molecular weight is 926 g/mol. The zero-order valence-corrected chi connectivity index (χ0v) is 38.0. The van der Waals surface area contributed by atoms with Crippen molar-refractivity contribution in [3.05, 3.63) is 12.2 Å². The van der Waals surface area contributed by atoms with E-state index in [0.29, 0.717) is 12.8 Å². The van der Waals surface area contributed by atoms with E-state index in [1.54, 1.807) is 0 Å². The molecule has 19 nitrogen and oxygen atoms in total. The quantitative estimate of drug-likeness (QED) is 0.0319. The number of allylic oxidation sites excluding steroid dienone is 2. The SMILES string of the molecule is CCCC/C=C\CCCCCCCC(=O)NC(COC1OC(CO)C(OC2OC(CO)C(OC3OC(CO)C(O)C(O)C3O)C(O)C2O)C(O)C1O)C(O)CCCCCCCCCC. The summed E-state index contributed by atoms with van der Waals surface area (Å²) in [6.45, 7) is 1.64. The van der Waals surface area contributed by atoms with E-state index in [0.717, 1.165) is 64.2 Å². The molecule has 0 aromatic heterocycles. The van der Waals surface area contributed by atoms with E-state index in [1.165, 1.54) is 38.5 Å². The molecule has 1 amide bonds. The van der Waals surface area contributed by atoms with E-state index in [2.05, 4.69) is 31.3 Å². The number of nitrogens with one attached hydrogen (secondary N) is 1. The lowest BCUT2D eigenvalue weighted by Crippen LogP contribution is -2.66. The first-order chi connectivity index (χ1) is 30.8. The van der Waals surface area contributed by atoms with Gasteiger partial charge in [-0.2, -0.15) is 0 Å². The summed E-state index contributed by atoms with van der Waals surface area (Å²) in [5.41, 5.74) is 0. The summed E-state index contributed by atoms with van der Waals surface area (Å²) in [4.78, 5) is 13.1. The second kappa shape index (κ2) is 31.6. The normalized spacial score (nSPS) is 34.5. The Bertz CT molecular complexity index is 1250. The van der Waals surface area contributed by atoms with Crippen LogP contribution in [0.2, 0.25) is 0 Å². The number of rotatable bonds is 32. The third kappa shape index (κ3) is 18.2. The van der Waals surface area contributed by atoms with Crippen molar-refractivity contribution < 1.29 is 89.4 Å². The number of aliphatic hydroxyl groups excluding tert-OH is 11. The minimum absolute atomic E-state index is 0.256. The van der Waals surface area contributed by atoms with Crippen molar-refractivity contribution in [2.24, 2.45) is 0 Å². The number of hydrogen-bond acceptors (Lipinski definition) is 18. The zero-order chi connectivity index (χ0) is 47.0. The van der Waals surface area contributed by atoms with Gasteiger partial charge in [-0.15, -0.1) is 0 Å². The Morgan fingerprint density at radius 1 is 0.547 bits per heavy atom. The van der Waals surface area contributed by atoms with Gasteiger partial charge in [0.15, 0.2) is 18.9 Å². The van der Waals surface area contributed by atoms with Crippen LogP contribution in [0.15, 0.2) is 12.2 Å². The fraction of sp³-hybridized carbons (Fsp3) is 0.933. The molecule has 17 atom stereocenters. The molecule has 376 valence electrons. The van der Waals surface area contributed by atoms with Gasteiger partial charge in [-0.3, -0.25) is 4.79 Å². The summed E-state index contributed by atoms with van der Waals surface area (Å²) in [6.07, 6.45) is -3.53. The Morgan fingerprint density at radius 3 is 1.56 bits per heavy atom. The third-order valence-corrected chi connectivity index (χ3v) is 12.3. The fourth-order valence-electron chi connectivity index (χ4n) is 8.23.